The van der Waals surface area contributed by atoms with Crippen molar-refractivity contribution in [2.45, 2.75) is 20.8 Å². The first-order chi connectivity index (χ1) is 12.4. The lowest BCUT2D eigenvalue weighted by Crippen LogP contribution is -1.99. The van der Waals surface area contributed by atoms with Gasteiger partial charge in [-0.3, -0.25) is 15.1 Å². The second kappa shape index (κ2) is 7.25. The largest absolute Gasteiger partial charge is 0.317 e. The summed E-state index contributed by atoms with van der Waals surface area (Å²) < 4.78 is 3.16. The van der Waals surface area contributed by atoms with Gasteiger partial charge < -0.3 is 4.57 Å². The van der Waals surface area contributed by atoms with Gasteiger partial charge in [0, 0.05) is 45.5 Å². The van der Waals surface area contributed by atoms with E-state index in [0.29, 0.717) is 5.69 Å². The molecule has 1 aromatic heterocycles. The van der Waals surface area contributed by atoms with E-state index in [4.69, 9.17) is 0 Å². The lowest BCUT2D eigenvalue weighted by atomic mass is 10.2. The van der Waals surface area contributed by atoms with Gasteiger partial charge in [-0.05, 0) is 60.5 Å². The maximum atomic E-state index is 10.9. The number of aromatic nitrogens is 1. The molecular formula is C20H18BrN3O2. The average Bonchev–Trinajstić information content (AvgIpc) is 2.84. The highest BCUT2D eigenvalue weighted by Gasteiger charge is 2.15. The molecule has 0 fully saturated rings. The van der Waals surface area contributed by atoms with Crippen molar-refractivity contribution in [1.29, 1.82) is 0 Å². The number of benzene rings is 2. The van der Waals surface area contributed by atoms with Crippen LogP contribution >= 0.6 is 15.9 Å². The Morgan fingerprint density at radius 3 is 2.38 bits per heavy atom. The number of hydrogen-bond acceptors (Lipinski definition) is 3. The van der Waals surface area contributed by atoms with E-state index in [1.54, 1.807) is 12.3 Å². The van der Waals surface area contributed by atoms with Gasteiger partial charge in [-0.1, -0.05) is 18.2 Å². The molecule has 0 amide bonds. The number of halogens is 1. The molecule has 3 rings (SSSR count). The third kappa shape index (κ3) is 3.32. The topological polar surface area (TPSA) is 60.4 Å². The zero-order valence-corrected chi connectivity index (χ0v) is 16.3. The van der Waals surface area contributed by atoms with Gasteiger partial charge in [0.15, 0.2) is 0 Å². The van der Waals surface area contributed by atoms with Crippen LogP contribution in [0.1, 0.15) is 22.5 Å². The number of nitro benzene ring substituents is 1. The van der Waals surface area contributed by atoms with Crippen LogP contribution in [0.5, 0.6) is 0 Å². The summed E-state index contributed by atoms with van der Waals surface area (Å²) in [5.74, 6) is 0. The molecule has 26 heavy (non-hydrogen) atoms. The SMILES string of the molecule is Cc1cc([N+](=O)[O-])ccc1N=Cc1c(Br)c(C)n(-c2ccccc2)c1C. The number of nitrogens with zero attached hydrogens (tertiary/aromatic N) is 3. The van der Waals surface area contributed by atoms with Gasteiger partial charge in [0.25, 0.3) is 5.69 Å². The summed E-state index contributed by atoms with van der Waals surface area (Å²) in [6, 6.07) is 14.8. The van der Waals surface area contributed by atoms with E-state index in [0.717, 1.165) is 32.7 Å². The van der Waals surface area contributed by atoms with Crippen LogP contribution in [0.4, 0.5) is 11.4 Å². The molecule has 0 atom stereocenters. The third-order valence-electron chi connectivity index (χ3n) is 4.35. The smallest absolute Gasteiger partial charge is 0.269 e. The van der Waals surface area contributed by atoms with Gasteiger partial charge in [0.2, 0.25) is 0 Å². The quantitative estimate of drug-likeness (QED) is 0.308. The molecule has 0 aliphatic carbocycles. The van der Waals surface area contributed by atoms with Crippen LogP contribution in [-0.4, -0.2) is 15.7 Å². The van der Waals surface area contributed by atoms with Crippen LogP contribution in [-0.2, 0) is 0 Å². The standard InChI is InChI=1S/C20H18BrN3O2/c1-13-11-17(24(25)26)9-10-19(13)22-12-18-14(2)23(15(3)20(18)21)16-7-5-4-6-8-16/h4-12H,1-3H3. The second-order valence-corrected chi connectivity index (χ2v) is 6.85. The van der Waals surface area contributed by atoms with Crippen molar-refractivity contribution < 1.29 is 4.92 Å². The molecule has 2 aromatic carbocycles. The van der Waals surface area contributed by atoms with Gasteiger partial charge in [-0.2, -0.15) is 0 Å². The number of hydrogen-bond donors (Lipinski definition) is 0. The summed E-state index contributed by atoms with van der Waals surface area (Å²) >= 11 is 3.67. The van der Waals surface area contributed by atoms with E-state index in [1.165, 1.54) is 12.1 Å². The Hall–Kier alpha value is -2.73. The van der Waals surface area contributed by atoms with Crippen molar-refractivity contribution in [2.75, 3.05) is 0 Å². The Morgan fingerprint density at radius 2 is 1.77 bits per heavy atom. The van der Waals surface area contributed by atoms with E-state index in [9.17, 15) is 10.1 Å². The molecule has 0 aliphatic rings. The fourth-order valence-electron chi connectivity index (χ4n) is 2.97. The molecule has 132 valence electrons. The van der Waals surface area contributed by atoms with Crippen molar-refractivity contribution in [1.82, 2.24) is 4.57 Å². The Bertz CT molecular complexity index is 1010. The van der Waals surface area contributed by atoms with Crippen LogP contribution in [0.15, 0.2) is 58.0 Å². The predicted molar refractivity (Wildman–Crippen MR) is 108 cm³/mol. The monoisotopic (exact) mass is 411 g/mol. The second-order valence-electron chi connectivity index (χ2n) is 6.06. The fraction of sp³-hybridized carbons (Fsp3) is 0.150. The van der Waals surface area contributed by atoms with Gasteiger partial charge in [0.1, 0.15) is 0 Å². The molecular weight excluding hydrogens is 394 g/mol. The van der Waals surface area contributed by atoms with Gasteiger partial charge >= 0.3 is 0 Å². The van der Waals surface area contributed by atoms with E-state index in [1.807, 2.05) is 25.1 Å². The highest BCUT2D eigenvalue weighted by atomic mass is 79.9. The first kappa shape index (κ1) is 18.1. The minimum atomic E-state index is -0.398. The molecule has 0 saturated heterocycles. The lowest BCUT2D eigenvalue weighted by molar-refractivity contribution is -0.384. The van der Waals surface area contributed by atoms with Gasteiger partial charge in [-0.25, -0.2) is 0 Å². The zero-order valence-electron chi connectivity index (χ0n) is 14.7. The number of non-ortho nitro benzene ring substituents is 1. The number of aliphatic imine (C=N–C) groups is 1. The minimum absolute atomic E-state index is 0.0740. The molecule has 0 radical (unpaired) electrons. The maximum absolute atomic E-state index is 10.9. The Balaban J connectivity index is 2.01. The maximum Gasteiger partial charge on any atom is 0.269 e. The summed E-state index contributed by atoms with van der Waals surface area (Å²) in [6.45, 7) is 5.93. The molecule has 0 N–H and O–H groups in total. The fourth-order valence-corrected chi connectivity index (χ4v) is 3.54. The van der Waals surface area contributed by atoms with Crippen LogP contribution in [0.25, 0.3) is 5.69 Å². The highest BCUT2D eigenvalue weighted by Crippen LogP contribution is 2.30. The van der Waals surface area contributed by atoms with Crippen LogP contribution in [0, 0.1) is 30.9 Å². The van der Waals surface area contributed by atoms with Gasteiger partial charge in [-0.15, -0.1) is 0 Å². The first-order valence-electron chi connectivity index (χ1n) is 8.12. The summed E-state index contributed by atoms with van der Waals surface area (Å²) in [5.41, 5.74) is 5.80. The Morgan fingerprint density at radius 1 is 1.08 bits per heavy atom. The summed E-state index contributed by atoms with van der Waals surface area (Å²) in [4.78, 5) is 15.0. The molecule has 5 nitrogen and oxygen atoms in total. The van der Waals surface area contributed by atoms with E-state index in [2.05, 4.69) is 51.5 Å². The number of rotatable bonds is 4. The molecule has 0 aliphatic heterocycles. The summed E-state index contributed by atoms with van der Waals surface area (Å²) in [6.07, 6.45) is 1.81. The van der Waals surface area contributed by atoms with E-state index in [-0.39, 0.29) is 5.69 Å². The van der Waals surface area contributed by atoms with Crippen molar-refractivity contribution in [2.24, 2.45) is 4.99 Å². The van der Waals surface area contributed by atoms with Crippen molar-refractivity contribution in [3.8, 4) is 5.69 Å². The molecule has 0 unspecified atom stereocenters. The van der Waals surface area contributed by atoms with Crippen molar-refractivity contribution in [3.63, 3.8) is 0 Å². The minimum Gasteiger partial charge on any atom is -0.317 e. The molecule has 1 heterocycles. The Kier molecular flexibility index (Phi) is 5.04. The van der Waals surface area contributed by atoms with E-state index >= 15 is 0 Å². The Labute approximate surface area is 160 Å². The van der Waals surface area contributed by atoms with Crippen LogP contribution in [0.2, 0.25) is 0 Å². The summed E-state index contributed by atoms with van der Waals surface area (Å²) in [5, 5.41) is 10.9. The van der Waals surface area contributed by atoms with E-state index < -0.39 is 4.92 Å². The third-order valence-corrected chi connectivity index (χ3v) is 5.35. The number of para-hydroxylation sites is 1. The molecule has 3 aromatic rings. The number of nitro groups is 1. The number of aryl methyl sites for hydroxylation is 1. The first-order valence-corrected chi connectivity index (χ1v) is 8.91. The summed E-state index contributed by atoms with van der Waals surface area (Å²) in [7, 11) is 0. The van der Waals surface area contributed by atoms with Gasteiger partial charge in [0.05, 0.1) is 10.6 Å². The molecule has 0 bridgehead atoms. The normalized spacial score (nSPS) is 11.2. The molecule has 0 saturated carbocycles. The average molecular weight is 412 g/mol. The molecule has 6 heteroatoms. The predicted octanol–water partition coefficient (Wildman–Crippen LogP) is 5.82. The van der Waals surface area contributed by atoms with Crippen LogP contribution < -0.4 is 0 Å². The van der Waals surface area contributed by atoms with Crippen LogP contribution in [0.3, 0.4) is 0 Å². The molecule has 0 spiro atoms. The lowest BCUT2D eigenvalue weighted by Gasteiger charge is -2.08. The zero-order chi connectivity index (χ0) is 18.8. The highest BCUT2D eigenvalue weighted by molar-refractivity contribution is 9.10. The van der Waals surface area contributed by atoms with Crippen molar-refractivity contribution >= 4 is 33.5 Å². The van der Waals surface area contributed by atoms with Crippen molar-refractivity contribution in [3.05, 3.63) is 85.6 Å².